The predicted octanol–water partition coefficient (Wildman–Crippen LogP) is 2.02. The van der Waals surface area contributed by atoms with E-state index in [1.807, 2.05) is 0 Å². The minimum atomic E-state index is 0.114. The van der Waals surface area contributed by atoms with Crippen molar-refractivity contribution in [3.63, 3.8) is 0 Å². The minimum Gasteiger partial charge on any atom is -0.508 e. The second-order valence-electron chi connectivity index (χ2n) is 3.76. The minimum absolute atomic E-state index is 0.114. The number of benzene rings is 1. The van der Waals surface area contributed by atoms with Crippen molar-refractivity contribution < 1.29 is 9.52 Å². The highest BCUT2D eigenvalue weighted by Gasteiger charge is 2.12. The molecular weight excluding hydrogens is 232 g/mol. The fourth-order valence-corrected chi connectivity index (χ4v) is 1.64. The van der Waals surface area contributed by atoms with Gasteiger partial charge in [0.05, 0.1) is 6.26 Å². The van der Waals surface area contributed by atoms with E-state index in [0.717, 1.165) is 0 Å². The lowest BCUT2D eigenvalue weighted by Gasteiger charge is -2.01. The van der Waals surface area contributed by atoms with Crippen LogP contribution in [-0.2, 0) is 0 Å². The number of nitrogen functional groups attached to an aromatic ring is 1. The third kappa shape index (κ3) is 1.69. The normalized spacial score (nSPS) is 10.7. The van der Waals surface area contributed by atoms with Gasteiger partial charge in [-0.2, -0.15) is 5.10 Å². The van der Waals surface area contributed by atoms with Crippen LogP contribution in [0.3, 0.4) is 0 Å². The van der Waals surface area contributed by atoms with Crippen molar-refractivity contribution in [2.45, 2.75) is 0 Å². The molecule has 6 nitrogen and oxygen atoms in total. The number of phenolic OH excluding ortho intramolecular Hbond substituents is 1. The van der Waals surface area contributed by atoms with Gasteiger partial charge in [0.2, 0.25) is 0 Å². The quantitative estimate of drug-likeness (QED) is 0.471. The molecule has 6 heteroatoms. The first-order chi connectivity index (χ1) is 8.74. The fraction of sp³-hybridized carbons (Fsp3) is 0. The Morgan fingerprint density at radius 3 is 2.94 bits per heavy atom. The van der Waals surface area contributed by atoms with E-state index in [1.165, 1.54) is 12.1 Å². The van der Waals surface area contributed by atoms with E-state index in [-0.39, 0.29) is 5.75 Å². The van der Waals surface area contributed by atoms with Gasteiger partial charge in [-0.05, 0) is 30.3 Å². The number of nitrogens with zero attached hydrogens (tertiary/aromatic N) is 2. The fourth-order valence-electron chi connectivity index (χ4n) is 1.64. The Bertz CT molecular complexity index is 673. The van der Waals surface area contributed by atoms with Crippen LogP contribution in [0.1, 0.15) is 0 Å². The van der Waals surface area contributed by atoms with Crippen LogP contribution in [0.4, 0.5) is 5.69 Å². The molecule has 90 valence electrons. The number of nitrogens with one attached hydrogen (secondary N) is 1. The highest BCUT2D eigenvalue weighted by molar-refractivity contribution is 5.73. The Labute approximate surface area is 102 Å². The maximum Gasteiger partial charge on any atom is 0.192 e. The summed E-state index contributed by atoms with van der Waals surface area (Å²) < 4.78 is 5.21. The van der Waals surface area contributed by atoms with Gasteiger partial charge in [-0.3, -0.25) is 5.10 Å². The summed E-state index contributed by atoms with van der Waals surface area (Å²) in [5.74, 6) is 1.63. The van der Waals surface area contributed by atoms with Gasteiger partial charge in [-0.1, -0.05) is 0 Å². The van der Waals surface area contributed by atoms with Crippen LogP contribution in [0.15, 0.2) is 41.0 Å². The van der Waals surface area contributed by atoms with Crippen LogP contribution in [0, 0.1) is 0 Å². The number of hydrogen-bond donors (Lipinski definition) is 3. The molecule has 0 unspecified atom stereocenters. The lowest BCUT2D eigenvalue weighted by Crippen LogP contribution is -1.91. The monoisotopic (exact) mass is 242 g/mol. The van der Waals surface area contributed by atoms with Gasteiger partial charge in [-0.25, -0.2) is 4.98 Å². The molecule has 0 amide bonds. The molecule has 0 radical (unpaired) electrons. The lowest BCUT2D eigenvalue weighted by molar-refractivity contribution is 0.475. The van der Waals surface area contributed by atoms with Crippen LogP contribution in [0.5, 0.6) is 5.75 Å². The zero-order valence-corrected chi connectivity index (χ0v) is 9.29. The summed E-state index contributed by atoms with van der Waals surface area (Å²) in [6, 6.07) is 8.17. The summed E-state index contributed by atoms with van der Waals surface area (Å²) in [5.41, 5.74) is 6.89. The van der Waals surface area contributed by atoms with Gasteiger partial charge in [0.1, 0.15) is 5.75 Å². The summed E-state index contributed by atoms with van der Waals surface area (Å²) >= 11 is 0. The SMILES string of the molecule is Nc1ccc(O)cc1-c1n[nH]c(-c2ccco2)n1. The third-order valence-corrected chi connectivity index (χ3v) is 2.52. The molecule has 0 spiro atoms. The molecule has 0 saturated heterocycles. The molecule has 0 fully saturated rings. The van der Waals surface area contributed by atoms with Gasteiger partial charge < -0.3 is 15.3 Å². The Hall–Kier alpha value is -2.76. The summed E-state index contributed by atoms with van der Waals surface area (Å²) in [7, 11) is 0. The highest BCUT2D eigenvalue weighted by Crippen LogP contribution is 2.28. The molecule has 0 saturated carbocycles. The van der Waals surface area contributed by atoms with E-state index in [9.17, 15) is 5.11 Å². The summed E-state index contributed by atoms with van der Waals surface area (Å²) in [5, 5.41) is 16.3. The molecule has 2 aromatic heterocycles. The number of nitrogens with two attached hydrogens (primary N) is 1. The Kier molecular flexibility index (Phi) is 2.26. The Balaban J connectivity index is 2.05. The number of H-pyrrole nitrogens is 1. The molecule has 0 aliphatic heterocycles. The molecular formula is C12H10N4O2. The van der Waals surface area contributed by atoms with Crippen LogP contribution in [0.2, 0.25) is 0 Å². The van der Waals surface area contributed by atoms with E-state index in [0.29, 0.717) is 28.7 Å². The molecule has 4 N–H and O–H groups in total. The van der Waals surface area contributed by atoms with Crippen LogP contribution in [-0.4, -0.2) is 20.3 Å². The zero-order chi connectivity index (χ0) is 12.5. The van der Waals surface area contributed by atoms with Gasteiger partial charge in [0.15, 0.2) is 17.4 Å². The summed E-state index contributed by atoms with van der Waals surface area (Å²) in [4.78, 5) is 4.27. The number of furan rings is 1. The standard InChI is InChI=1S/C12H10N4O2/c13-9-4-3-7(17)6-8(9)11-14-12(16-15-11)10-2-1-5-18-10/h1-6,17H,13H2,(H,14,15,16). The first-order valence-electron chi connectivity index (χ1n) is 5.29. The predicted molar refractivity (Wildman–Crippen MR) is 65.6 cm³/mol. The molecule has 0 aliphatic rings. The van der Waals surface area contributed by atoms with Crippen LogP contribution < -0.4 is 5.73 Å². The van der Waals surface area contributed by atoms with E-state index < -0.39 is 0 Å². The average Bonchev–Trinajstić information content (AvgIpc) is 3.00. The number of anilines is 1. The zero-order valence-electron chi connectivity index (χ0n) is 9.29. The molecule has 1 aromatic carbocycles. The first kappa shape index (κ1) is 10.4. The molecule has 18 heavy (non-hydrogen) atoms. The molecule has 2 heterocycles. The lowest BCUT2D eigenvalue weighted by atomic mass is 10.1. The second-order valence-corrected chi connectivity index (χ2v) is 3.76. The Morgan fingerprint density at radius 2 is 2.17 bits per heavy atom. The molecule has 3 rings (SSSR count). The van der Waals surface area contributed by atoms with Gasteiger partial charge in [0.25, 0.3) is 0 Å². The average molecular weight is 242 g/mol. The number of rotatable bonds is 2. The van der Waals surface area contributed by atoms with Crippen molar-refractivity contribution in [3.8, 4) is 28.7 Å². The van der Waals surface area contributed by atoms with E-state index in [1.54, 1.807) is 24.5 Å². The smallest absolute Gasteiger partial charge is 0.192 e. The van der Waals surface area contributed by atoms with Crippen molar-refractivity contribution in [2.24, 2.45) is 0 Å². The van der Waals surface area contributed by atoms with Gasteiger partial charge in [0, 0.05) is 11.3 Å². The van der Waals surface area contributed by atoms with E-state index in [2.05, 4.69) is 15.2 Å². The first-order valence-corrected chi connectivity index (χ1v) is 5.29. The van der Waals surface area contributed by atoms with Gasteiger partial charge >= 0.3 is 0 Å². The van der Waals surface area contributed by atoms with Crippen LogP contribution >= 0.6 is 0 Å². The van der Waals surface area contributed by atoms with Crippen molar-refractivity contribution in [1.82, 2.24) is 15.2 Å². The van der Waals surface area contributed by atoms with E-state index in [4.69, 9.17) is 10.2 Å². The molecule has 0 aliphatic carbocycles. The molecule has 3 aromatic rings. The summed E-state index contributed by atoms with van der Waals surface area (Å²) in [6.45, 7) is 0. The number of hydrogen-bond acceptors (Lipinski definition) is 5. The Morgan fingerprint density at radius 1 is 1.28 bits per heavy atom. The topological polar surface area (TPSA) is 101 Å². The number of aromatic amines is 1. The second kappa shape index (κ2) is 3.92. The van der Waals surface area contributed by atoms with Crippen molar-refractivity contribution in [3.05, 3.63) is 36.6 Å². The largest absolute Gasteiger partial charge is 0.508 e. The third-order valence-electron chi connectivity index (χ3n) is 2.52. The molecule has 0 atom stereocenters. The van der Waals surface area contributed by atoms with Crippen molar-refractivity contribution >= 4 is 5.69 Å². The maximum atomic E-state index is 9.45. The highest BCUT2D eigenvalue weighted by atomic mass is 16.3. The van der Waals surface area contributed by atoms with Gasteiger partial charge in [-0.15, -0.1) is 0 Å². The number of aromatic hydroxyl groups is 1. The van der Waals surface area contributed by atoms with Crippen molar-refractivity contribution in [2.75, 3.05) is 5.73 Å². The van der Waals surface area contributed by atoms with E-state index >= 15 is 0 Å². The van der Waals surface area contributed by atoms with Crippen LogP contribution in [0.25, 0.3) is 23.0 Å². The number of phenols is 1. The van der Waals surface area contributed by atoms with Crippen molar-refractivity contribution in [1.29, 1.82) is 0 Å². The molecule has 0 bridgehead atoms. The summed E-state index contributed by atoms with van der Waals surface area (Å²) in [6.07, 6.45) is 1.56. The maximum absolute atomic E-state index is 9.45. The number of aromatic nitrogens is 3.